The molecule has 0 fully saturated rings. The molecule has 0 heterocycles. The molecule has 1 aromatic carbocycles. The molecule has 0 saturated carbocycles. The molecule has 120 valence electrons. The molecule has 1 aromatic rings. The zero-order chi connectivity index (χ0) is 16.1. The number of hydrogen-bond donors (Lipinski definition) is 0. The van der Waals surface area contributed by atoms with E-state index >= 15 is 0 Å². The van der Waals surface area contributed by atoms with E-state index in [9.17, 15) is 13.0 Å². The molecule has 0 spiro atoms. The van der Waals surface area contributed by atoms with Gasteiger partial charge in [-0.05, 0) is 39.8 Å². The molecule has 0 bridgehead atoms. The number of benzene rings is 1. The Morgan fingerprint density at radius 2 is 1.48 bits per heavy atom. The van der Waals surface area contributed by atoms with Crippen molar-refractivity contribution in [3.05, 3.63) is 30.3 Å². The predicted molar refractivity (Wildman–Crippen MR) is 79.6 cm³/mol. The van der Waals surface area contributed by atoms with Gasteiger partial charge < -0.3 is 9.05 Å². The van der Waals surface area contributed by atoms with Gasteiger partial charge in [-0.25, -0.2) is 0 Å². The highest BCUT2D eigenvalue weighted by molar-refractivity contribution is 7.87. The molecule has 0 aromatic heterocycles. The van der Waals surface area contributed by atoms with Crippen LogP contribution in [0.2, 0.25) is 0 Å². The molecular formula is C13H21O6PS. The van der Waals surface area contributed by atoms with Gasteiger partial charge in [0.05, 0.1) is 17.1 Å². The van der Waals surface area contributed by atoms with Crippen molar-refractivity contribution >= 4 is 17.7 Å². The molecular weight excluding hydrogens is 315 g/mol. The largest absolute Gasteiger partial charge is 0.358 e. The Morgan fingerprint density at radius 3 is 1.90 bits per heavy atom. The molecule has 0 aliphatic carbocycles. The van der Waals surface area contributed by atoms with E-state index in [4.69, 9.17) is 13.2 Å². The fraction of sp³-hybridized carbons (Fsp3) is 0.538. The summed E-state index contributed by atoms with van der Waals surface area (Å²) < 4.78 is 51.8. The first-order chi connectivity index (χ1) is 9.65. The second-order valence-corrected chi connectivity index (χ2v) is 8.45. The molecule has 0 unspecified atom stereocenters. The van der Waals surface area contributed by atoms with Crippen molar-refractivity contribution in [1.82, 2.24) is 0 Å². The summed E-state index contributed by atoms with van der Waals surface area (Å²) in [6, 6.07) is 7.63. The summed E-state index contributed by atoms with van der Waals surface area (Å²) >= 11 is 0. The van der Waals surface area contributed by atoms with Crippen LogP contribution in [0.15, 0.2) is 35.2 Å². The highest BCUT2D eigenvalue weighted by Gasteiger charge is 2.31. The van der Waals surface area contributed by atoms with Crippen molar-refractivity contribution in [3.63, 3.8) is 0 Å². The predicted octanol–water partition coefficient (Wildman–Crippen LogP) is 3.39. The Bertz CT molecular complexity index is 568. The van der Waals surface area contributed by atoms with Crippen molar-refractivity contribution in [2.24, 2.45) is 0 Å². The molecule has 6 nitrogen and oxygen atoms in total. The normalized spacial score (nSPS) is 13.0. The SMILES string of the molecule is CC(C)OP(=O)(COS(=O)(=O)c1ccccc1)OC(C)C. The van der Waals surface area contributed by atoms with E-state index in [1.807, 2.05) is 0 Å². The van der Waals surface area contributed by atoms with Crippen molar-refractivity contribution in [1.29, 1.82) is 0 Å². The van der Waals surface area contributed by atoms with Crippen LogP contribution >= 0.6 is 7.60 Å². The molecule has 0 aliphatic heterocycles. The third kappa shape index (κ3) is 6.28. The lowest BCUT2D eigenvalue weighted by Crippen LogP contribution is -2.14. The van der Waals surface area contributed by atoms with E-state index in [0.717, 1.165) is 0 Å². The van der Waals surface area contributed by atoms with Gasteiger partial charge in [-0.1, -0.05) is 18.2 Å². The van der Waals surface area contributed by atoms with Crippen LogP contribution in [0.1, 0.15) is 27.7 Å². The van der Waals surface area contributed by atoms with Gasteiger partial charge in [0.15, 0.2) is 6.35 Å². The van der Waals surface area contributed by atoms with Crippen LogP contribution in [0.25, 0.3) is 0 Å². The van der Waals surface area contributed by atoms with Gasteiger partial charge in [-0.15, -0.1) is 0 Å². The summed E-state index contributed by atoms with van der Waals surface area (Å²) in [6.45, 7) is 6.73. The summed E-state index contributed by atoms with van der Waals surface area (Å²) in [7, 11) is -7.65. The molecule has 0 saturated heterocycles. The third-order valence-corrected chi connectivity index (χ3v) is 5.52. The molecule has 0 atom stereocenters. The van der Waals surface area contributed by atoms with Crippen molar-refractivity contribution in [2.75, 3.05) is 6.35 Å². The first-order valence-corrected chi connectivity index (χ1v) is 9.68. The molecule has 21 heavy (non-hydrogen) atoms. The molecule has 0 aliphatic rings. The quantitative estimate of drug-likeness (QED) is 0.535. The van der Waals surface area contributed by atoms with E-state index in [0.29, 0.717) is 0 Å². The highest BCUT2D eigenvalue weighted by atomic mass is 32.2. The van der Waals surface area contributed by atoms with Crippen LogP contribution in [-0.2, 0) is 27.9 Å². The zero-order valence-corrected chi connectivity index (χ0v) is 14.3. The Balaban J connectivity index is 2.84. The number of hydrogen-bond acceptors (Lipinski definition) is 6. The average molecular weight is 336 g/mol. The maximum atomic E-state index is 12.5. The second kappa shape index (κ2) is 7.51. The van der Waals surface area contributed by atoms with Gasteiger partial charge in [-0.3, -0.25) is 8.75 Å². The topological polar surface area (TPSA) is 78.9 Å². The maximum Gasteiger partial charge on any atom is 0.358 e. The van der Waals surface area contributed by atoms with E-state index in [-0.39, 0.29) is 17.1 Å². The lowest BCUT2D eigenvalue weighted by atomic mass is 10.4. The van der Waals surface area contributed by atoms with Crippen LogP contribution in [-0.4, -0.2) is 27.0 Å². The summed E-state index contributed by atoms with van der Waals surface area (Å²) in [6.07, 6.45) is -1.41. The first kappa shape index (κ1) is 18.3. The van der Waals surface area contributed by atoms with Gasteiger partial charge >= 0.3 is 7.60 Å². The van der Waals surface area contributed by atoms with Gasteiger partial charge in [0.25, 0.3) is 10.1 Å². The van der Waals surface area contributed by atoms with Crippen LogP contribution in [0.5, 0.6) is 0 Å². The van der Waals surface area contributed by atoms with Crippen LogP contribution < -0.4 is 0 Å². The van der Waals surface area contributed by atoms with Gasteiger partial charge in [0.2, 0.25) is 0 Å². The lowest BCUT2D eigenvalue weighted by Gasteiger charge is -2.22. The van der Waals surface area contributed by atoms with Crippen molar-refractivity contribution in [3.8, 4) is 0 Å². The van der Waals surface area contributed by atoms with Crippen molar-refractivity contribution in [2.45, 2.75) is 44.8 Å². The Kier molecular flexibility index (Phi) is 6.56. The highest BCUT2D eigenvalue weighted by Crippen LogP contribution is 2.50. The number of rotatable bonds is 8. The van der Waals surface area contributed by atoms with Crippen LogP contribution in [0.4, 0.5) is 0 Å². The minimum absolute atomic E-state index is 0.00866. The van der Waals surface area contributed by atoms with E-state index in [2.05, 4.69) is 0 Å². The lowest BCUT2D eigenvalue weighted by molar-refractivity contribution is 0.129. The van der Waals surface area contributed by atoms with Crippen LogP contribution in [0, 0.1) is 0 Å². The minimum atomic E-state index is -4.00. The Labute approximate surface area is 126 Å². The molecule has 1 rings (SSSR count). The summed E-state index contributed by atoms with van der Waals surface area (Å²) in [5.41, 5.74) is 0. The summed E-state index contributed by atoms with van der Waals surface area (Å²) in [4.78, 5) is -0.00866. The van der Waals surface area contributed by atoms with Crippen LogP contribution in [0.3, 0.4) is 0 Å². The van der Waals surface area contributed by atoms with Gasteiger partial charge in [0.1, 0.15) is 0 Å². The Morgan fingerprint density at radius 1 is 1.00 bits per heavy atom. The standard InChI is InChI=1S/C13H21O6PS/c1-11(2)18-20(14,19-12(3)4)10-17-21(15,16)13-8-6-5-7-9-13/h5-9,11-12H,10H2,1-4H3. The third-order valence-electron chi connectivity index (χ3n) is 2.14. The zero-order valence-electron chi connectivity index (χ0n) is 12.6. The molecule has 0 radical (unpaired) electrons. The van der Waals surface area contributed by atoms with Crippen molar-refractivity contribution < 1.29 is 26.2 Å². The molecule has 8 heteroatoms. The minimum Gasteiger partial charge on any atom is -0.304 e. The van der Waals surface area contributed by atoms with E-state index in [1.54, 1.807) is 45.9 Å². The monoisotopic (exact) mass is 336 g/mol. The summed E-state index contributed by atoms with van der Waals surface area (Å²) in [5, 5.41) is 0. The fourth-order valence-corrected chi connectivity index (χ4v) is 4.67. The van der Waals surface area contributed by atoms with Gasteiger partial charge in [-0.2, -0.15) is 8.42 Å². The Hall–Kier alpha value is -0.720. The average Bonchev–Trinajstić information content (AvgIpc) is 2.36. The first-order valence-electron chi connectivity index (χ1n) is 6.55. The smallest absolute Gasteiger partial charge is 0.304 e. The van der Waals surface area contributed by atoms with Gasteiger partial charge in [0, 0.05) is 0 Å². The maximum absolute atomic E-state index is 12.5. The summed E-state index contributed by atoms with van der Waals surface area (Å²) in [5.74, 6) is 0. The second-order valence-electron chi connectivity index (χ2n) is 4.93. The van der Waals surface area contributed by atoms with E-state index in [1.165, 1.54) is 12.1 Å². The van der Waals surface area contributed by atoms with E-state index < -0.39 is 24.1 Å². The molecule has 0 N–H and O–H groups in total. The molecule has 0 amide bonds. The fourth-order valence-electron chi connectivity index (χ4n) is 1.52.